The molecule has 0 saturated carbocycles. The number of hydrogen-bond acceptors (Lipinski definition) is 5. The van der Waals surface area contributed by atoms with Gasteiger partial charge >= 0.3 is 6.29 Å². The van der Waals surface area contributed by atoms with Crippen molar-refractivity contribution in [1.29, 1.82) is 0 Å². The molecule has 1 heterocycles. The van der Waals surface area contributed by atoms with Gasteiger partial charge in [-0.25, -0.2) is 5.01 Å². The van der Waals surface area contributed by atoms with E-state index in [0.29, 0.717) is 6.54 Å². The van der Waals surface area contributed by atoms with E-state index in [1.54, 1.807) is 0 Å². The van der Waals surface area contributed by atoms with Gasteiger partial charge < -0.3 is 0 Å². The van der Waals surface area contributed by atoms with Gasteiger partial charge in [0.2, 0.25) is 0 Å². The third-order valence-electron chi connectivity index (χ3n) is 1.44. The van der Waals surface area contributed by atoms with Crippen LogP contribution >= 0.6 is 11.8 Å². The molecule has 68 valence electrons. The van der Waals surface area contributed by atoms with E-state index in [1.165, 1.54) is 11.3 Å². The summed E-state index contributed by atoms with van der Waals surface area (Å²) < 4.78 is 0.954. The lowest BCUT2D eigenvalue weighted by atomic mass is 10.5. The first-order chi connectivity index (χ1) is 5.66. The van der Waals surface area contributed by atoms with Gasteiger partial charge in [-0.3, -0.25) is 10.1 Å². The molecule has 0 aromatic carbocycles. The Hall–Kier alpha value is -1.04. The van der Waals surface area contributed by atoms with E-state index in [-0.39, 0.29) is 0 Å². The van der Waals surface area contributed by atoms with Gasteiger partial charge in [-0.2, -0.15) is 9.52 Å². The second-order valence-corrected chi connectivity index (χ2v) is 2.76. The van der Waals surface area contributed by atoms with Crippen molar-refractivity contribution >= 4 is 18.1 Å². The quantitative estimate of drug-likeness (QED) is 0.375. The van der Waals surface area contributed by atoms with E-state index < -0.39 is 11.2 Å². The van der Waals surface area contributed by atoms with Crippen LogP contribution in [0.2, 0.25) is 0 Å². The minimum absolute atomic E-state index is 0.477. The van der Waals surface area contributed by atoms with Crippen LogP contribution in [0.25, 0.3) is 0 Å². The third kappa shape index (κ3) is 1.58. The van der Waals surface area contributed by atoms with Gasteiger partial charge in [0, 0.05) is 18.3 Å². The highest BCUT2D eigenvalue weighted by atomic mass is 35.5. The lowest BCUT2D eigenvalue weighted by Crippen LogP contribution is -2.41. The average molecular weight is 193 g/mol. The molecule has 0 aliphatic carbocycles. The van der Waals surface area contributed by atoms with E-state index in [4.69, 9.17) is 11.8 Å². The Kier molecular flexibility index (Phi) is 2.69. The molecule has 1 aliphatic heterocycles. The van der Waals surface area contributed by atoms with Crippen molar-refractivity contribution in [2.45, 2.75) is 19.6 Å². The molecule has 0 bridgehead atoms. The van der Waals surface area contributed by atoms with Crippen molar-refractivity contribution < 1.29 is 4.92 Å². The van der Waals surface area contributed by atoms with Crippen LogP contribution in [0.15, 0.2) is 5.10 Å². The summed E-state index contributed by atoms with van der Waals surface area (Å²) in [6, 6.07) is 0. The third-order valence-corrected chi connectivity index (χ3v) is 1.70. The van der Waals surface area contributed by atoms with Crippen LogP contribution in [0.4, 0.5) is 0 Å². The highest BCUT2D eigenvalue weighted by Gasteiger charge is 2.36. The second kappa shape index (κ2) is 3.57. The lowest BCUT2D eigenvalue weighted by Gasteiger charge is -2.17. The zero-order valence-electron chi connectivity index (χ0n) is 6.55. The normalized spacial score (nSPS) is 22.0. The van der Waals surface area contributed by atoms with Crippen LogP contribution in [0.3, 0.4) is 0 Å². The molecular weight excluding hydrogens is 184 g/mol. The molecule has 1 atom stereocenters. The summed E-state index contributed by atoms with van der Waals surface area (Å²) in [5.41, 5.74) is 0. The molecule has 1 unspecified atom stereocenters. The molecular formula is C5H9ClN4O2. The van der Waals surface area contributed by atoms with Crippen molar-refractivity contribution in [2.24, 2.45) is 5.10 Å². The van der Waals surface area contributed by atoms with Gasteiger partial charge in [-0.1, -0.05) is 6.92 Å². The van der Waals surface area contributed by atoms with Crippen LogP contribution in [0, 0.1) is 10.1 Å². The van der Waals surface area contributed by atoms with Crippen LogP contribution in [-0.4, -0.2) is 33.5 Å². The fraction of sp³-hybridized carbons (Fsp3) is 0.800. The van der Waals surface area contributed by atoms with E-state index in [0.717, 1.165) is 10.8 Å². The number of nitro groups is 1. The Balaban J connectivity index is 2.63. The summed E-state index contributed by atoms with van der Waals surface area (Å²) in [4.78, 5) is 9.98. The molecule has 0 amide bonds. The fourth-order valence-electron chi connectivity index (χ4n) is 0.963. The average Bonchev–Trinajstić information content (AvgIpc) is 2.32. The molecule has 12 heavy (non-hydrogen) atoms. The maximum atomic E-state index is 10.5. The molecule has 7 heteroatoms. The van der Waals surface area contributed by atoms with Crippen LogP contribution in [0.5, 0.6) is 0 Å². The summed E-state index contributed by atoms with van der Waals surface area (Å²) >= 11 is 5.50. The van der Waals surface area contributed by atoms with Crippen molar-refractivity contribution in [2.75, 3.05) is 6.54 Å². The SMILES string of the molecule is CCCN1N=CN(Cl)C1[N+](=O)[O-]. The number of nitrogens with zero attached hydrogens (tertiary/aromatic N) is 4. The summed E-state index contributed by atoms with van der Waals surface area (Å²) in [7, 11) is 0. The predicted molar refractivity (Wildman–Crippen MR) is 44.0 cm³/mol. The Labute approximate surface area is 74.6 Å². The number of hydrazone groups is 1. The molecule has 1 rings (SSSR count). The Morgan fingerprint density at radius 1 is 1.83 bits per heavy atom. The maximum absolute atomic E-state index is 10.5. The summed E-state index contributed by atoms with van der Waals surface area (Å²) in [6.07, 6.45) is 0.989. The smallest absolute Gasteiger partial charge is 0.261 e. The van der Waals surface area contributed by atoms with Crippen LogP contribution in [-0.2, 0) is 0 Å². The van der Waals surface area contributed by atoms with Crippen LogP contribution < -0.4 is 0 Å². The largest absolute Gasteiger partial charge is 0.397 e. The second-order valence-electron chi connectivity index (χ2n) is 2.37. The number of rotatable bonds is 3. The molecule has 0 N–H and O–H groups in total. The van der Waals surface area contributed by atoms with E-state index in [9.17, 15) is 10.1 Å². The molecule has 0 spiro atoms. The maximum Gasteiger partial charge on any atom is 0.397 e. The van der Waals surface area contributed by atoms with E-state index in [1.807, 2.05) is 6.92 Å². The molecule has 6 nitrogen and oxygen atoms in total. The topological polar surface area (TPSA) is 62.0 Å². The van der Waals surface area contributed by atoms with Crippen molar-refractivity contribution in [3.05, 3.63) is 10.1 Å². The molecule has 0 radical (unpaired) electrons. The first-order valence-corrected chi connectivity index (χ1v) is 3.89. The van der Waals surface area contributed by atoms with E-state index in [2.05, 4.69) is 5.10 Å². The van der Waals surface area contributed by atoms with Crippen molar-refractivity contribution in [3.8, 4) is 0 Å². The van der Waals surface area contributed by atoms with Gasteiger partial charge in [0.05, 0.1) is 4.92 Å². The number of hydrogen-bond donors (Lipinski definition) is 0. The van der Waals surface area contributed by atoms with Gasteiger partial charge in [0.1, 0.15) is 6.34 Å². The van der Waals surface area contributed by atoms with Gasteiger partial charge in [-0.05, 0) is 6.42 Å². The zero-order valence-corrected chi connectivity index (χ0v) is 7.31. The zero-order chi connectivity index (χ0) is 9.14. The van der Waals surface area contributed by atoms with Gasteiger partial charge in [0.25, 0.3) is 0 Å². The standard InChI is InChI=1S/C5H9ClN4O2/c1-2-3-9-5(10(11)12)8(6)4-7-9/h4-5H,2-3H2,1H3. The molecule has 0 saturated heterocycles. The molecule has 0 fully saturated rings. The molecule has 1 aliphatic rings. The molecule has 0 aromatic rings. The summed E-state index contributed by atoms with van der Waals surface area (Å²) in [6.45, 7) is 2.45. The Bertz CT molecular complexity index is 210. The first-order valence-electron chi connectivity index (χ1n) is 3.55. The minimum atomic E-state index is -1.05. The van der Waals surface area contributed by atoms with Crippen LogP contribution in [0.1, 0.15) is 13.3 Å². The van der Waals surface area contributed by atoms with Gasteiger partial charge in [-0.15, -0.1) is 0 Å². The fourth-order valence-corrected chi connectivity index (χ4v) is 1.17. The summed E-state index contributed by atoms with van der Waals surface area (Å²) in [5, 5.41) is 15.6. The highest BCUT2D eigenvalue weighted by Crippen LogP contribution is 2.14. The predicted octanol–water partition coefficient (Wildman–Crippen LogP) is 0.671. The summed E-state index contributed by atoms with van der Waals surface area (Å²) in [5.74, 6) is 0. The minimum Gasteiger partial charge on any atom is -0.261 e. The monoisotopic (exact) mass is 192 g/mol. The highest BCUT2D eigenvalue weighted by molar-refractivity contribution is 6.19. The van der Waals surface area contributed by atoms with E-state index >= 15 is 0 Å². The van der Waals surface area contributed by atoms with Gasteiger partial charge in [0.15, 0.2) is 0 Å². The Morgan fingerprint density at radius 3 is 3.00 bits per heavy atom. The van der Waals surface area contributed by atoms with Crippen molar-refractivity contribution in [1.82, 2.24) is 9.43 Å². The molecule has 0 aromatic heterocycles. The van der Waals surface area contributed by atoms with Crippen molar-refractivity contribution in [3.63, 3.8) is 0 Å². The Morgan fingerprint density at radius 2 is 2.50 bits per heavy atom. The number of halogens is 1. The first kappa shape index (κ1) is 9.05. The lowest BCUT2D eigenvalue weighted by molar-refractivity contribution is -0.564.